The summed E-state index contributed by atoms with van der Waals surface area (Å²) in [5.41, 5.74) is 0. The van der Waals surface area contributed by atoms with Crippen LogP contribution in [0.4, 0.5) is 0 Å². The molecule has 0 heterocycles. The fraction of sp³-hybridized carbons (Fsp3) is 0. The molecule has 0 radical (unpaired) electrons. The van der Waals surface area contributed by atoms with Gasteiger partial charge in [-0.2, -0.15) is 196 Å². The molecule has 0 aliphatic rings. The Balaban J connectivity index is -0.0000000209. The summed E-state index contributed by atoms with van der Waals surface area (Å²) in [6, 6.07) is 0. The molecule has 0 bridgehead atoms. The Bertz CT molecular complexity index is 2470. The predicted octanol–water partition coefficient (Wildman–Crippen LogP) is -71.0. The van der Waals surface area contributed by atoms with Gasteiger partial charge in [0.05, 0.1) is 0 Å². The first-order valence-electron chi connectivity index (χ1n) is 18.3. The van der Waals surface area contributed by atoms with Crippen molar-refractivity contribution in [2.24, 2.45) is 0 Å². The summed E-state index contributed by atoms with van der Waals surface area (Å²) in [5.74, 6) is 0. The molecule has 0 fully saturated rings. The third-order valence-corrected chi connectivity index (χ3v) is 0. The molecular formula is AlO100P25W12. The maximum Gasteiger partial charge on any atom is 6.00 e. The summed E-state index contributed by atoms with van der Waals surface area (Å²) in [6.45, 7) is 0. The average Bonchev–Trinajstić information content (AvgIpc) is 3.03. The third-order valence-electron chi connectivity index (χ3n) is 0. The van der Waals surface area contributed by atoms with Gasteiger partial charge in [-0.1, -0.05) is 0 Å². The molecule has 0 saturated heterocycles. The van der Waals surface area contributed by atoms with E-state index in [0.29, 0.717) is 0 Å². The van der Waals surface area contributed by atoms with E-state index in [2.05, 4.69) is 0 Å². The monoisotopic (exact) mass is 4610 g/mol. The molecule has 0 unspecified atom stereocenters. The molecule has 0 amide bonds. The van der Waals surface area contributed by atoms with E-state index in [0.717, 1.165) is 0 Å². The van der Waals surface area contributed by atoms with Crippen molar-refractivity contribution in [1.82, 2.24) is 0 Å². The number of rotatable bonds is 0. The molecule has 0 atom stereocenters. The van der Waals surface area contributed by atoms with Gasteiger partial charge in [-0.3, -0.25) is 0 Å². The van der Waals surface area contributed by atoms with Crippen LogP contribution in [0.15, 0.2) is 0 Å². The predicted molar refractivity (Wildman–Crippen MR) is 196 cm³/mol. The topological polar surface area (TPSA) is 2160 Å². The fourth-order valence-electron chi connectivity index (χ4n) is 0. The van der Waals surface area contributed by atoms with Gasteiger partial charge in [-0.05, 0) is 0 Å². The molecule has 100 nitrogen and oxygen atoms in total. The van der Waals surface area contributed by atoms with Gasteiger partial charge < -0.3 is 481 Å². The maximum atomic E-state index is 8.55. The van der Waals surface area contributed by atoms with Crippen LogP contribution in [-0.4, -0.2) is 17.4 Å². The first kappa shape index (κ1) is 265. The SMILES string of the molecule is O=P([O-])([O-])[O-].O=P([O-])([O-])[O-].O=P([O-])([O-])[O-].O=P([O-])([O-])[O-].O=P([O-])([O-])[O-].O=P([O-])([O-])[O-].O=P([O-])([O-])[O-].O=P([O-])([O-])[O-].O=P([O-])([O-])[O-].O=P([O-])([O-])[O-].O=P([O-])([O-])[O-].O=P([O-])([O-])[O-].O=P([O-])([O-])[O-].O=P([O-])([O-])[O-].O=P([O-])([O-])[O-].O=P([O-])([O-])[O-].O=P([O-])([O-])[O-].O=P([O-])([O-])[O-].O=P([O-])([O-])[O-].O=P([O-])([O-])[O-].O=P([O-])([O-])[O-].O=P([O-])([O-])[O-].O=P([O-])([O-])[O-].O=P([O-])([O-])[O-].O=P([O-])([O-])[O-].[Al+3].[W+6].[W+6].[W+6].[W+6].[W+6].[W+6].[W+6].[W+6].[W+6].[W+6].[W+6].[W+6]. The molecule has 0 aliphatic carbocycles. The van der Waals surface area contributed by atoms with Gasteiger partial charge in [-0.15, -0.1) is 0 Å². The van der Waals surface area contributed by atoms with E-state index in [9.17, 15) is 0 Å². The summed E-state index contributed by atoms with van der Waals surface area (Å²) < 4.78 is 214. The molecule has 0 aromatic rings. The van der Waals surface area contributed by atoms with Crippen molar-refractivity contribution in [2.75, 3.05) is 0 Å². The second-order valence-electron chi connectivity index (χ2n) is 11.2. The summed E-state index contributed by atoms with van der Waals surface area (Å²) in [5, 5.41) is 0. The van der Waals surface area contributed by atoms with Gasteiger partial charge in [0, 0.05) is 0 Å². The normalized spacial score (nSPS) is 10.7. The first-order valence-corrected chi connectivity index (χ1v) is 54.8. The van der Waals surface area contributed by atoms with Crippen LogP contribution in [-0.2, 0) is 367 Å². The van der Waals surface area contributed by atoms with E-state index in [1.807, 2.05) is 0 Å². The molecule has 800 valence electrons. The zero-order chi connectivity index (χ0) is 112. The van der Waals surface area contributed by atoms with Gasteiger partial charge >= 0.3 is 270 Å². The van der Waals surface area contributed by atoms with Crippen molar-refractivity contribution in [3.05, 3.63) is 0 Å². The van der Waals surface area contributed by atoms with Gasteiger partial charge in [0.2, 0.25) is 0 Å². The first-order chi connectivity index (χ1) is 50.0. The van der Waals surface area contributed by atoms with Crippen LogP contribution in [0, 0.1) is 0 Å². The Hall–Kier alpha value is 11.5. The number of hydrogen-bond acceptors (Lipinski definition) is 100. The minimum Gasteiger partial charge on any atom is -0.822 e. The minimum absolute atomic E-state index is 0. The van der Waals surface area contributed by atoms with Crippen LogP contribution in [0.5, 0.6) is 0 Å². The molecule has 0 spiro atoms. The molecular weight excluding hydrogens is 4610 g/mol. The summed E-state index contributed by atoms with van der Waals surface area (Å²) in [4.78, 5) is 641. The van der Waals surface area contributed by atoms with Crippen LogP contribution in [0.25, 0.3) is 0 Å². The van der Waals surface area contributed by atoms with Crippen molar-refractivity contribution in [3.8, 4) is 0 Å². The zero-order valence-corrected chi connectivity index (χ0v) is 116. The Morgan fingerprint density at radius 1 is 0.0580 bits per heavy atom. The Labute approximate surface area is 936 Å². The Kier molecular flexibility index (Phi) is 238. The van der Waals surface area contributed by atoms with Gasteiger partial charge in [-0.25, -0.2) is 0 Å². The van der Waals surface area contributed by atoms with E-state index >= 15 is 0 Å². The Morgan fingerprint density at radius 3 is 0.0580 bits per heavy atom. The molecule has 0 N–H and O–H groups in total. The van der Waals surface area contributed by atoms with E-state index in [4.69, 9.17) is 481 Å². The minimum atomic E-state index is -5.39. The molecule has 0 aliphatic heterocycles. The van der Waals surface area contributed by atoms with Crippen LogP contribution in [0.1, 0.15) is 0 Å². The van der Waals surface area contributed by atoms with Crippen LogP contribution in [0.2, 0.25) is 0 Å². The van der Waals surface area contributed by atoms with Crippen molar-refractivity contribution in [1.29, 1.82) is 0 Å². The number of hydrogen-bond donors (Lipinski definition) is 0. The van der Waals surface area contributed by atoms with Crippen molar-refractivity contribution >= 4 is 213 Å². The molecule has 138 heteroatoms. The molecule has 0 aromatic carbocycles. The summed E-state index contributed by atoms with van der Waals surface area (Å²) in [6.07, 6.45) is 0. The maximum absolute atomic E-state index is 8.55. The quantitative estimate of drug-likeness (QED) is 0.160. The van der Waals surface area contributed by atoms with Crippen molar-refractivity contribution < 1.29 is 734 Å². The van der Waals surface area contributed by atoms with Crippen LogP contribution >= 0.6 is 196 Å². The van der Waals surface area contributed by atoms with E-state index < -0.39 is 196 Å². The Morgan fingerprint density at radius 2 is 0.0580 bits per heavy atom. The average molecular weight is 4610 g/mol. The zero-order valence-electron chi connectivity index (χ0n) is 57.5. The van der Waals surface area contributed by atoms with E-state index in [-0.39, 0.29) is 270 Å². The molecule has 0 rings (SSSR count). The van der Waals surface area contributed by atoms with Crippen LogP contribution in [0.3, 0.4) is 0 Å². The number of phosphoric acid groups is 25. The largest absolute Gasteiger partial charge is 6.00 e. The standard InChI is InChI=1S/Al.25H3O4P.12W/c;25*1-5(2,3)4;;;;;;;;;;;;/h;25*(H3,1,2,3,4);;;;;;;;;;;;/q+3;;;;;;;;;;;;;;;;;;;;;;;;;;12*+6/p-75. The van der Waals surface area contributed by atoms with E-state index in [1.165, 1.54) is 0 Å². The second-order valence-corrected chi connectivity index (χ2v) is 33.5. The molecule has 0 aromatic heterocycles. The third kappa shape index (κ3) is 23800. The van der Waals surface area contributed by atoms with E-state index in [1.54, 1.807) is 0 Å². The van der Waals surface area contributed by atoms with Crippen LogP contribution < -0.4 is 367 Å². The summed E-state index contributed by atoms with van der Waals surface area (Å²) in [7, 11) is -135. The fourth-order valence-corrected chi connectivity index (χ4v) is 0. The van der Waals surface area contributed by atoms with Crippen molar-refractivity contribution in [3.63, 3.8) is 0 Å². The smallest absolute Gasteiger partial charge is 0.822 e. The molecule has 138 heavy (non-hydrogen) atoms. The van der Waals surface area contributed by atoms with Gasteiger partial charge in [0.25, 0.3) is 0 Å². The van der Waals surface area contributed by atoms with Gasteiger partial charge in [0.15, 0.2) is 0 Å². The van der Waals surface area contributed by atoms with Gasteiger partial charge in [0.1, 0.15) is 0 Å². The molecule has 0 saturated carbocycles. The second kappa shape index (κ2) is 124. The summed E-state index contributed by atoms with van der Waals surface area (Å²) >= 11 is 0. The van der Waals surface area contributed by atoms with Crippen molar-refractivity contribution in [2.45, 2.75) is 0 Å².